The number of rotatable bonds is 4. The van der Waals surface area contributed by atoms with Crippen molar-refractivity contribution in [1.82, 2.24) is 15.0 Å². The Balaban J connectivity index is 1.67. The average molecular weight is 398 g/mol. The lowest BCUT2D eigenvalue weighted by atomic mass is 10.0. The number of nitrogen functional groups attached to an aromatic ring is 1. The fourth-order valence-electron chi connectivity index (χ4n) is 3.85. The normalized spacial score (nSPS) is 35.8. The van der Waals surface area contributed by atoms with Crippen LogP contribution in [0.15, 0.2) is 0 Å². The van der Waals surface area contributed by atoms with E-state index in [0.29, 0.717) is 6.61 Å². The lowest BCUT2D eigenvalue weighted by Gasteiger charge is -2.29. The lowest BCUT2D eigenvalue weighted by molar-refractivity contribution is -0.226. The Bertz CT molecular complexity index is 765. The largest absolute Gasteiger partial charge is 0.461 e. The van der Waals surface area contributed by atoms with E-state index in [-0.39, 0.29) is 18.1 Å². The highest BCUT2D eigenvalue weighted by atomic mass is 16.8. The molecule has 0 saturated carbocycles. The number of nitrogens with two attached hydrogens (primary N) is 1. The molecule has 0 aliphatic carbocycles. The number of anilines is 1. The molecule has 4 heterocycles. The number of ether oxygens (including phenoxy) is 6. The van der Waals surface area contributed by atoms with Crippen LogP contribution in [-0.2, 0) is 28.4 Å². The second-order valence-corrected chi connectivity index (χ2v) is 7.92. The van der Waals surface area contributed by atoms with Crippen molar-refractivity contribution in [2.75, 3.05) is 18.9 Å². The third-order valence-electron chi connectivity index (χ3n) is 4.93. The highest BCUT2D eigenvalue weighted by molar-refractivity contribution is 5.91. The maximum absolute atomic E-state index is 12.1. The second-order valence-electron chi connectivity index (χ2n) is 7.92. The smallest absolute Gasteiger partial charge is 0.362 e. The number of hydrogen-bond acceptors (Lipinski definition) is 10. The van der Waals surface area contributed by atoms with E-state index >= 15 is 0 Å². The molecule has 3 saturated heterocycles. The van der Waals surface area contributed by atoms with Gasteiger partial charge in [0.1, 0.15) is 24.4 Å². The quantitative estimate of drug-likeness (QED) is 0.720. The van der Waals surface area contributed by atoms with Gasteiger partial charge in [-0.2, -0.15) is 0 Å². The Hall–Kier alpha value is -1.79. The molecule has 11 nitrogen and oxygen atoms in total. The molecule has 3 fully saturated rings. The minimum Gasteiger partial charge on any atom is -0.461 e. The molecule has 3 aliphatic rings. The van der Waals surface area contributed by atoms with Crippen LogP contribution < -0.4 is 5.73 Å². The van der Waals surface area contributed by atoms with Crippen molar-refractivity contribution >= 4 is 11.8 Å². The van der Waals surface area contributed by atoms with Gasteiger partial charge in [0.15, 0.2) is 23.7 Å². The highest BCUT2D eigenvalue weighted by Crippen LogP contribution is 2.46. The zero-order chi connectivity index (χ0) is 20.3. The van der Waals surface area contributed by atoms with E-state index in [9.17, 15) is 4.79 Å². The van der Waals surface area contributed by atoms with E-state index in [1.54, 1.807) is 20.8 Å². The number of carbonyl (C=O) groups excluding carboxylic acids is 1. The van der Waals surface area contributed by atoms with Gasteiger partial charge in [-0.25, -0.2) is 9.48 Å². The summed E-state index contributed by atoms with van der Waals surface area (Å²) in [4.78, 5) is 12.1. The SMILES string of the molecule is CCOC(=O)c1nnn([C@@H]2[C@H]3OC(C)(C)O[C@H]3O[C@@H]2[C@H]2COC(C)(C)O2)c1N. The molecule has 1 aromatic rings. The molecule has 156 valence electrons. The number of nitrogens with zero attached hydrogens (tertiary/aromatic N) is 3. The maximum Gasteiger partial charge on any atom is 0.362 e. The first-order valence-corrected chi connectivity index (χ1v) is 9.32. The number of aromatic nitrogens is 3. The summed E-state index contributed by atoms with van der Waals surface area (Å²) in [6.07, 6.45) is -2.05. The zero-order valence-electron chi connectivity index (χ0n) is 16.6. The molecule has 3 aliphatic heterocycles. The molecular formula is C17H26N4O7. The molecular weight excluding hydrogens is 372 g/mol. The summed E-state index contributed by atoms with van der Waals surface area (Å²) < 4.78 is 36.1. The van der Waals surface area contributed by atoms with Gasteiger partial charge in [-0.05, 0) is 34.6 Å². The van der Waals surface area contributed by atoms with Gasteiger partial charge in [-0.3, -0.25) is 0 Å². The summed E-state index contributed by atoms with van der Waals surface area (Å²) in [5.41, 5.74) is 6.14. The maximum atomic E-state index is 12.1. The molecule has 11 heteroatoms. The molecule has 4 rings (SSSR count). The van der Waals surface area contributed by atoms with Crippen LogP contribution in [0.3, 0.4) is 0 Å². The van der Waals surface area contributed by atoms with E-state index in [1.165, 1.54) is 4.68 Å². The van der Waals surface area contributed by atoms with Crippen molar-refractivity contribution in [2.45, 2.75) is 76.8 Å². The average Bonchev–Trinajstić information content (AvgIpc) is 3.29. The third kappa shape index (κ3) is 3.26. The third-order valence-corrected chi connectivity index (χ3v) is 4.93. The number of esters is 1. The van der Waals surface area contributed by atoms with Gasteiger partial charge in [-0.15, -0.1) is 5.10 Å². The predicted octanol–water partition coefficient (Wildman–Crippen LogP) is 0.606. The Morgan fingerprint density at radius 1 is 1.21 bits per heavy atom. The van der Waals surface area contributed by atoms with Gasteiger partial charge in [0.2, 0.25) is 5.69 Å². The fourth-order valence-corrected chi connectivity index (χ4v) is 3.85. The van der Waals surface area contributed by atoms with Gasteiger partial charge in [-0.1, -0.05) is 5.21 Å². The molecule has 0 radical (unpaired) electrons. The van der Waals surface area contributed by atoms with E-state index < -0.39 is 48.2 Å². The van der Waals surface area contributed by atoms with Gasteiger partial charge < -0.3 is 34.2 Å². The van der Waals surface area contributed by atoms with Gasteiger partial charge >= 0.3 is 5.97 Å². The second kappa shape index (κ2) is 6.63. The molecule has 2 N–H and O–H groups in total. The summed E-state index contributed by atoms with van der Waals surface area (Å²) >= 11 is 0. The van der Waals surface area contributed by atoms with Crippen molar-refractivity contribution in [3.63, 3.8) is 0 Å². The van der Waals surface area contributed by atoms with Crippen LogP contribution in [0.1, 0.15) is 51.1 Å². The summed E-state index contributed by atoms with van der Waals surface area (Å²) in [6, 6.07) is -0.523. The van der Waals surface area contributed by atoms with E-state index in [2.05, 4.69) is 10.3 Å². The molecule has 5 atom stereocenters. The van der Waals surface area contributed by atoms with Crippen molar-refractivity contribution in [3.05, 3.63) is 5.69 Å². The molecule has 0 unspecified atom stereocenters. The molecule has 0 aromatic carbocycles. The standard InChI is InChI=1S/C17H26N4O7/c1-6-23-14(22)9-13(18)21(20-19-9)10-11(8-7-24-16(2,3)26-8)25-15-12(10)27-17(4,5)28-15/h8,10-12,15H,6-7,18H2,1-5H3/t8-,10+,11-,12-,15-/m1/s1. The van der Waals surface area contributed by atoms with E-state index in [1.807, 2.05) is 13.8 Å². The molecule has 28 heavy (non-hydrogen) atoms. The van der Waals surface area contributed by atoms with Crippen LogP contribution in [0.4, 0.5) is 5.82 Å². The first-order valence-electron chi connectivity index (χ1n) is 9.32. The van der Waals surface area contributed by atoms with E-state index in [4.69, 9.17) is 34.2 Å². The van der Waals surface area contributed by atoms with Crippen molar-refractivity contribution in [3.8, 4) is 0 Å². The van der Waals surface area contributed by atoms with Crippen LogP contribution in [0.2, 0.25) is 0 Å². The fraction of sp³-hybridized carbons (Fsp3) is 0.824. The lowest BCUT2D eigenvalue weighted by Crippen LogP contribution is -2.41. The molecule has 0 bridgehead atoms. The van der Waals surface area contributed by atoms with Crippen molar-refractivity contribution in [1.29, 1.82) is 0 Å². The van der Waals surface area contributed by atoms with E-state index in [0.717, 1.165) is 0 Å². The topological polar surface area (TPSA) is 129 Å². The minimum atomic E-state index is -0.829. The zero-order valence-corrected chi connectivity index (χ0v) is 16.6. The van der Waals surface area contributed by atoms with Gasteiger partial charge in [0.05, 0.1) is 13.2 Å². The van der Waals surface area contributed by atoms with Gasteiger partial charge in [0.25, 0.3) is 0 Å². The summed E-state index contributed by atoms with van der Waals surface area (Å²) in [7, 11) is 0. The van der Waals surface area contributed by atoms with Crippen molar-refractivity contribution in [2.24, 2.45) is 0 Å². The van der Waals surface area contributed by atoms with Crippen LogP contribution in [-0.4, -0.2) is 70.4 Å². The Kier molecular flexibility index (Phi) is 4.62. The van der Waals surface area contributed by atoms with Crippen LogP contribution >= 0.6 is 0 Å². The first kappa shape index (κ1) is 19.5. The molecule has 1 aromatic heterocycles. The molecule has 0 spiro atoms. The van der Waals surface area contributed by atoms with Crippen molar-refractivity contribution < 1.29 is 33.2 Å². The van der Waals surface area contributed by atoms with Gasteiger partial charge in [0, 0.05) is 0 Å². The Morgan fingerprint density at radius 2 is 1.96 bits per heavy atom. The Morgan fingerprint density at radius 3 is 2.61 bits per heavy atom. The monoisotopic (exact) mass is 398 g/mol. The van der Waals surface area contributed by atoms with Crippen LogP contribution in [0.25, 0.3) is 0 Å². The minimum absolute atomic E-state index is 0.0499. The number of carbonyl (C=O) groups is 1. The molecule has 0 amide bonds. The summed E-state index contributed by atoms with van der Waals surface area (Å²) in [6.45, 7) is 9.50. The summed E-state index contributed by atoms with van der Waals surface area (Å²) in [5.74, 6) is -2.13. The summed E-state index contributed by atoms with van der Waals surface area (Å²) in [5, 5.41) is 8.00. The predicted molar refractivity (Wildman–Crippen MR) is 93.0 cm³/mol. The van der Waals surface area contributed by atoms with Crippen LogP contribution in [0, 0.1) is 0 Å². The van der Waals surface area contributed by atoms with Crippen LogP contribution in [0.5, 0.6) is 0 Å². The first-order chi connectivity index (χ1) is 13.1. The number of fused-ring (bicyclic) bond motifs is 1. The number of hydrogen-bond donors (Lipinski definition) is 1. The Labute approximate surface area is 162 Å². The highest BCUT2D eigenvalue weighted by Gasteiger charge is 2.59.